The summed E-state index contributed by atoms with van der Waals surface area (Å²) in [6.07, 6.45) is -4.36. The maximum atomic E-state index is 12.5. The smallest absolute Gasteiger partial charge is 0.334 e. The van der Waals surface area contributed by atoms with Gasteiger partial charge in [0, 0.05) is 6.54 Å². The largest absolute Gasteiger partial charge is 0.416 e. The molecule has 1 aromatic heterocycles. The Labute approximate surface area is 139 Å². The summed E-state index contributed by atoms with van der Waals surface area (Å²) in [7, 11) is 0. The minimum Gasteiger partial charge on any atom is -0.334 e. The number of alkyl halides is 3. The Hall–Kier alpha value is -2.61. The number of aromatic nitrogens is 1. The number of para-hydroxylation sites is 1. The maximum absolute atomic E-state index is 12.5. The van der Waals surface area contributed by atoms with Gasteiger partial charge in [-0.3, -0.25) is 5.32 Å². The van der Waals surface area contributed by atoms with Crippen LogP contribution in [0.4, 0.5) is 23.1 Å². The van der Waals surface area contributed by atoms with Crippen LogP contribution in [0.2, 0.25) is 0 Å². The number of nitrogens with one attached hydrogen (secondary N) is 2. The van der Waals surface area contributed by atoms with E-state index in [1.807, 2.05) is 24.3 Å². The zero-order valence-corrected chi connectivity index (χ0v) is 13.0. The summed E-state index contributed by atoms with van der Waals surface area (Å²) < 4.78 is 38.4. The zero-order chi connectivity index (χ0) is 17.2. The van der Waals surface area contributed by atoms with Crippen molar-refractivity contribution in [2.45, 2.75) is 12.7 Å². The van der Waals surface area contributed by atoms with Gasteiger partial charge in [-0.15, -0.1) is 0 Å². The van der Waals surface area contributed by atoms with Crippen LogP contribution >= 0.6 is 11.3 Å². The fourth-order valence-electron chi connectivity index (χ4n) is 2.06. The first kappa shape index (κ1) is 16.3. The molecule has 2 aromatic carbocycles. The van der Waals surface area contributed by atoms with Crippen LogP contribution in [0, 0.1) is 0 Å². The Morgan fingerprint density at radius 2 is 1.79 bits per heavy atom. The Kier molecular flexibility index (Phi) is 4.39. The number of benzene rings is 2. The monoisotopic (exact) mass is 351 g/mol. The molecule has 0 unspecified atom stereocenters. The molecule has 4 nitrogen and oxygen atoms in total. The highest BCUT2D eigenvalue weighted by molar-refractivity contribution is 7.22. The van der Waals surface area contributed by atoms with Crippen molar-refractivity contribution in [3.8, 4) is 0 Å². The topological polar surface area (TPSA) is 54.0 Å². The third-order valence-corrected chi connectivity index (χ3v) is 4.20. The molecule has 0 aliphatic rings. The first-order valence-electron chi connectivity index (χ1n) is 6.98. The third-order valence-electron chi connectivity index (χ3n) is 3.25. The molecule has 0 spiro atoms. The normalized spacial score (nSPS) is 11.5. The maximum Gasteiger partial charge on any atom is 0.416 e. The number of nitrogens with zero attached hydrogens (tertiary/aromatic N) is 1. The van der Waals surface area contributed by atoms with E-state index >= 15 is 0 Å². The number of carbonyl (C=O) groups is 1. The van der Waals surface area contributed by atoms with E-state index in [0.29, 0.717) is 10.7 Å². The Morgan fingerprint density at radius 3 is 2.46 bits per heavy atom. The zero-order valence-electron chi connectivity index (χ0n) is 12.2. The minimum absolute atomic E-state index is 0.120. The molecule has 0 radical (unpaired) electrons. The summed E-state index contributed by atoms with van der Waals surface area (Å²) in [4.78, 5) is 16.1. The molecular weight excluding hydrogens is 339 g/mol. The molecule has 0 saturated carbocycles. The van der Waals surface area contributed by atoms with Crippen LogP contribution in [0.5, 0.6) is 0 Å². The van der Waals surface area contributed by atoms with Gasteiger partial charge in [0.25, 0.3) is 0 Å². The summed E-state index contributed by atoms with van der Waals surface area (Å²) >= 11 is 1.34. The van der Waals surface area contributed by atoms with Crippen molar-refractivity contribution in [2.75, 3.05) is 5.32 Å². The molecule has 0 aliphatic carbocycles. The Bertz CT molecular complexity index is 826. The van der Waals surface area contributed by atoms with Crippen LogP contribution in [0.1, 0.15) is 11.1 Å². The molecule has 0 aliphatic heterocycles. The number of thiazole rings is 1. The Morgan fingerprint density at radius 1 is 1.08 bits per heavy atom. The molecule has 2 N–H and O–H groups in total. The van der Waals surface area contributed by atoms with Crippen molar-refractivity contribution in [3.05, 3.63) is 59.7 Å². The first-order valence-corrected chi connectivity index (χ1v) is 7.80. The van der Waals surface area contributed by atoms with E-state index in [1.54, 1.807) is 0 Å². The predicted octanol–water partition coefficient (Wildman–Crippen LogP) is 4.64. The summed E-state index contributed by atoms with van der Waals surface area (Å²) in [6, 6.07) is 11.7. The van der Waals surface area contributed by atoms with Crippen molar-refractivity contribution >= 4 is 32.7 Å². The van der Waals surface area contributed by atoms with Crippen LogP contribution in [0.15, 0.2) is 48.5 Å². The Balaban J connectivity index is 1.57. The number of carbonyl (C=O) groups excluding carboxylic acids is 1. The molecule has 2 amide bonds. The van der Waals surface area contributed by atoms with Crippen LogP contribution < -0.4 is 10.6 Å². The van der Waals surface area contributed by atoms with Crippen molar-refractivity contribution in [3.63, 3.8) is 0 Å². The van der Waals surface area contributed by atoms with E-state index in [9.17, 15) is 18.0 Å². The summed E-state index contributed by atoms with van der Waals surface area (Å²) in [5, 5.41) is 5.66. The van der Waals surface area contributed by atoms with E-state index < -0.39 is 17.8 Å². The SMILES string of the molecule is O=C(NCc1ccc(C(F)(F)F)cc1)Nc1nc2ccccc2s1. The molecule has 0 atom stereocenters. The number of halogens is 3. The molecule has 0 fully saturated rings. The van der Waals surface area contributed by atoms with E-state index in [1.165, 1.54) is 23.5 Å². The average Bonchev–Trinajstić information content (AvgIpc) is 2.94. The van der Waals surface area contributed by atoms with Crippen LogP contribution in [0.25, 0.3) is 10.2 Å². The van der Waals surface area contributed by atoms with Gasteiger partial charge >= 0.3 is 12.2 Å². The minimum atomic E-state index is -4.36. The summed E-state index contributed by atoms with van der Waals surface area (Å²) in [6.45, 7) is 0.120. The van der Waals surface area contributed by atoms with E-state index in [4.69, 9.17) is 0 Å². The fraction of sp³-hybridized carbons (Fsp3) is 0.125. The van der Waals surface area contributed by atoms with Gasteiger partial charge in [-0.25, -0.2) is 9.78 Å². The quantitative estimate of drug-likeness (QED) is 0.722. The second kappa shape index (κ2) is 6.48. The van der Waals surface area contributed by atoms with Gasteiger partial charge in [-0.05, 0) is 29.8 Å². The van der Waals surface area contributed by atoms with Gasteiger partial charge in [0.2, 0.25) is 0 Å². The van der Waals surface area contributed by atoms with E-state index in [0.717, 1.165) is 22.3 Å². The molecular formula is C16H12F3N3OS. The first-order chi connectivity index (χ1) is 11.4. The third kappa shape index (κ3) is 3.83. The van der Waals surface area contributed by atoms with Crippen molar-refractivity contribution in [1.82, 2.24) is 10.3 Å². The molecule has 0 saturated heterocycles. The van der Waals surface area contributed by atoms with Gasteiger partial charge in [-0.2, -0.15) is 13.2 Å². The van der Waals surface area contributed by atoms with E-state index in [2.05, 4.69) is 15.6 Å². The highest BCUT2D eigenvalue weighted by atomic mass is 32.1. The number of anilines is 1. The number of amides is 2. The van der Waals surface area contributed by atoms with Gasteiger partial charge in [-0.1, -0.05) is 35.6 Å². The molecule has 1 heterocycles. The standard InChI is InChI=1S/C16H12F3N3OS/c17-16(18,19)11-7-5-10(6-8-11)9-20-14(23)22-15-21-12-3-1-2-4-13(12)24-15/h1-8H,9H2,(H2,20,21,22,23). The second-order valence-electron chi connectivity index (χ2n) is 4.99. The lowest BCUT2D eigenvalue weighted by Gasteiger charge is -2.08. The highest BCUT2D eigenvalue weighted by Gasteiger charge is 2.29. The number of hydrogen-bond acceptors (Lipinski definition) is 3. The predicted molar refractivity (Wildman–Crippen MR) is 86.9 cm³/mol. The van der Waals surface area contributed by atoms with Crippen molar-refractivity contribution < 1.29 is 18.0 Å². The van der Waals surface area contributed by atoms with E-state index in [-0.39, 0.29) is 6.54 Å². The second-order valence-corrected chi connectivity index (χ2v) is 6.02. The van der Waals surface area contributed by atoms with Gasteiger partial charge in [0.1, 0.15) is 0 Å². The molecule has 124 valence electrons. The molecule has 3 aromatic rings. The molecule has 24 heavy (non-hydrogen) atoms. The van der Waals surface area contributed by atoms with Gasteiger partial charge < -0.3 is 5.32 Å². The number of fused-ring (bicyclic) bond motifs is 1. The van der Waals surface area contributed by atoms with Crippen LogP contribution in [-0.2, 0) is 12.7 Å². The summed E-state index contributed by atoms with van der Waals surface area (Å²) in [5.41, 5.74) is 0.646. The highest BCUT2D eigenvalue weighted by Crippen LogP contribution is 2.29. The van der Waals surface area contributed by atoms with Gasteiger partial charge in [0.05, 0.1) is 15.8 Å². The average molecular weight is 351 g/mol. The molecule has 3 rings (SSSR count). The lowest BCUT2D eigenvalue weighted by atomic mass is 10.1. The van der Waals surface area contributed by atoms with Gasteiger partial charge in [0.15, 0.2) is 5.13 Å². The lowest BCUT2D eigenvalue weighted by molar-refractivity contribution is -0.137. The number of hydrogen-bond donors (Lipinski definition) is 2. The molecule has 8 heteroatoms. The summed E-state index contributed by atoms with van der Waals surface area (Å²) in [5.74, 6) is 0. The number of rotatable bonds is 3. The van der Waals surface area contributed by atoms with Crippen LogP contribution in [0.3, 0.4) is 0 Å². The number of urea groups is 1. The van der Waals surface area contributed by atoms with Crippen molar-refractivity contribution in [1.29, 1.82) is 0 Å². The fourth-order valence-corrected chi connectivity index (χ4v) is 2.92. The molecule has 0 bridgehead atoms. The lowest BCUT2D eigenvalue weighted by Crippen LogP contribution is -2.28. The van der Waals surface area contributed by atoms with Crippen LogP contribution in [-0.4, -0.2) is 11.0 Å². The van der Waals surface area contributed by atoms with Crippen molar-refractivity contribution in [2.24, 2.45) is 0 Å².